The topological polar surface area (TPSA) is 43.6 Å². The molecule has 11 aromatic rings. The zero-order valence-electron chi connectivity index (χ0n) is 30.9. The van der Waals surface area contributed by atoms with Gasteiger partial charge < -0.3 is 4.57 Å². The van der Waals surface area contributed by atoms with E-state index in [-0.39, 0.29) is 0 Å². The van der Waals surface area contributed by atoms with Crippen LogP contribution in [0.25, 0.3) is 105 Å². The molecule has 0 unspecified atom stereocenters. The fourth-order valence-corrected chi connectivity index (χ4v) is 8.18. The molecular weight excluding hydrogens is 693 g/mol. The number of benzene rings is 9. The van der Waals surface area contributed by atoms with Gasteiger partial charge in [-0.1, -0.05) is 164 Å². The Morgan fingerprint density at radius 2 is 0.702 bits per heavy atom. The number of hydrogen-bond donors (Lipinski definition) is 0. The molecule has 9 aromatic carbocycles. The van der Waals surface area contributed by atoms with Gasteiger partial charge in [-0.05, 0) is 86.3 Å². The molecule has 57 heavy (non-hydrogen) atoms. The van der Waals surface area contributed by atoms with Crippen LogP contribution in [0.5, 0.6) is 0 Å². The van der Waals surface area contributed by atoms with E-state index in [0.29, 0.717) is 17.5 Å². The van der Waals surface area contributed by atoms with E-state index in [2.05, 4.69) is 211 Å². The van der Waals surface area contributed by atoms with Crippen LogP contribution in [-0.4, -0.2) is 19.5 Å². The van der Waals surface area contributed by atoms with Crippen molar-refractivity contribution in [3.63, 3.8) is 0 Å². The number of para-hydroxylation sites is 2. The SMILES string of the molecule is c1ccc(-c2ccc(-c3nc(-c4ccc5ccccc5c4)nc(-c4ccc5cc(-c6ccccc6)ccc5c4)n3)c(-n3c4ccccc4c4ccccc43)c2)cc1. The summed E-state index contributed by atoms with van der Waals surface area (Å²) < 4.78 is 2.37. The quantitative estimate of drug-likeness (QED) is 0.171. The van der Waals surface area contributed by atoms with Crippen LogP contribution in [0.15, 0.2) is 206 Å². The predicted molar refractivity (Wildman–Crippen MR) is 236 cm³/mol. The third-order valence-electron chi connectivity index (χ3n) is 11.0. The van der Waals surface area contributed by atoms with Crippen molar-refractivity contribution in [2.75, 3.05) is 0 Å². The standard InChI is InChI=1S/C53H34N4/c1-3-13-35(14-4-1)39-24-25-41-33-44(28-26-40(41)31-39)52-54-51(43-27-23-37-17-7-8-18-38(37)32-43)55-53(56-52)47-30-29-42(36-15-5-2-6-16-36)34-50(47)57-48-21-11-9-19-45(48)46-20-10-12-22-49(46)57/h1-34H. The molecule has 4 nitrogen and oxygen atoms in total. The van der Waals surface area contributed by atoms with Crippen LogP contribution in [0.4, 0.5) is 0 Å². The van der Waals surface area contributed by atoms with E-state index in [9.17, 15) is 0 Å². The minimum Gasteiger partial charge on any atom is -0.308 e. The second-order valence-corrected chi connectivity index (χ2v) is 14.5. The zero-order valence-corrected chi connectivity index (χ0v) is 30.9. The van der Waals surface area contributed by atoms with Crippen LogP contribution in [0.3, 0.4) is 0 Å². The Morgan fingerprint density at radius 1 is 0.281 bits per heavy atom. The highest BCUT2D eigenvalue weighted by Gasteiger charge is 2.20. The van der Waals surface area contributed by atoms with Gasteiger partial charge in [0, 0.05) is 27.5 Å². The highest BCUT2D eigenvalue weighted by molar-refractivity contribution is 6.10. The van der Waals surface area contributed by atoms with Gasteiger partial charge in [0.1, 0.15) is 0 Å². The Kier molecular flexibility index (Phi) is 7.78. The van der Waals surface area contributed by atoms with E-state index in [1.165, 1.54) is 27.3 Å². The summed E-state index contributed by atoms with van der Waals surface area (Å²) in [4.78, 5) is 15.8. The predicted octanol–water partition coefficient (Wildman–Crippen LogP) is 13.6. The van der Waals surface area contributed by atoms with E-state index in [4.69, 9.17) is 15.0 Å². The fraction of sp³-hybridized carbons (Fsp3) is 0. The smallest absolute Gasteiger partial charge is 0.166 e. The molecule has 0 aliphatic rings. The maximum Gasteiger partial charge on any atom is 0.166 e. The maximum absolute atomic E-state index is 5.33. The Labute approximate surface area is 330 Å². The number of aromatic nitrogens is 4. The first kappa shape index (κ1) is 32.7. The molecular formula is C53H34N4. The highest BCUT2D eigenvalue weighted by atomic mass is 15.1. The van der Waals surface area contributed by atoms with Crippen LogP contribution in [-0.2, 0) is 0 Å². The van der Waals surface area contributed by atoms with E-state index < -0.39 is 0 Å². The Hall–Kier alpha value is -7.69. The Morgan fingerprint density at radius 3 is 1.32 bits per heavy atom. The summed E-state index contributed by atoms with van der Waals surface area (Å²) in [6.45, 7) is 0. The number of rotatable bonds is 6. The monoisotopic (exact) mass is 726 g/mol. The number of fused-ring (bicyclic) bond motifs is 5. The van der Waals surface area contributed by atoms with Crippen molar-refractivity contribution in [3.05, 3.63) is 206 Å². The molecule has 11 rings (SSSR count). The second-order valence-electron chi connectivity index (χ2n) is 14.5. The molecule has 2 heterocycles. The molecule has 266 valence electrons. The van der Waals surface area contributed by atoms with Crippen LogP contribution in [0, 0.1) is 0 Å². The van der Waals surface area contributed by atoms with Gasteiger partial charge >= 0.3 is 0 Å². The normalized spacial score (nSPS) is 11.5. The van der Waals surface area contributed by atoms with Crippen LogP contribution in [0.1, 0.15) is 0 Å². The number of nitrogens with zero attached hydrogens (tertiary/aromatic N) is 4. The van der Waals surface area contributed by atoms with Crippen molar-refractivity contribution in [2.24, 2.45) is 0 Å². The van der Waals surface area contributed by atoms with Crippen molar-refractivity contribution < 1.29 is 0 Å². The molecule has 0 aliphatic carbocycles. The van der Waals surface area contributed by atoms with Crippen LogP contribution >= 0.6 is 0 Å². The van der Waals surface area contributed by atoms with Crippen molar-refractivity contribution in [2.45, 2.75) is 0 Å². The lowest BCUT2D eigenvalue weighted by atomic mass is 9.99. The van der Waals surface area contributed by atoms with Gasteiger partial charge in [-0.15, -0.1) is 0 Å². The minimum atomic E-state index is 0.610. The Balaban J connectivity index is 1.15. The summed E-state index contributed by atoms with van der Waals surface area (Å²) >= 11 is 0. The van der Waals surface area contributed by atoms with Crippen molar-refractivity contribution in [1.82, 2.24) is 19.5 Å². The molecule has 0 saturated heterocycles. The van der Waals surface area contributed by atoms with Gasteiger partial charge in [0.05, 0.1) is 16.7 Å². The molecule has 4 heteroatoms. The summed E-state index contributed by atoms with van der Waals surface area (Å²) in [5.41, 5.74) is 10.7. The maximum atomic E-state index is 5.33. The molecule has 0 saturated carbocycles. The summed E-state index contributed by atoms with van der Waals surface area (Å²) in [6.07, 6.45) is 0. The molecule has 0 radical (unpaired) electrons. The van der Waals surface area contributed by atoms with Crippen LogP contribution < -0.4 is 0 Å². The lowest BCUT2D eigenvalue weighted by Gasteiger charge is -2.16. The zero-order chi connectivity index (χ0) is 37.7. The van der Waals surface area contributed by atoms with Gasteiger partial charge in [-0.2, -0.15) is 0 Å². The first-order valence-electron chi connectivity index (χ1n) is 19.3. The van der Waals surface area contributed by atoms with E-state index in [0.717, 1.165) is 60.7 Å². The lowest BCUT2D eigenvalue weighted by molar-refractivity contribution is 1.07. The highest BCUT2D eigenvalue weighted by Crippen LogP contribution is 2.39. The third kappa shape index (κ3) is 5.83. The second kappa shape index (κ2) is 13.6. The molecule has 0 bridgehead atoms. The third-order valence-corrected chi connectivity index (χ3v) is 11.0. The molecule has 0 aliphatic heterocycles. The van der Waals surface area contributed by atoms with Gasteiger partial charge in [-0.25, -0.2) is 15.0 Å². The molecule has 0 N–H and O–H groups in total. The molecule has 0 atom stereocenters. The van der Waals surface area contributed by atoms with Gasteiger partial charge in [0.25, 0.3) is 0 Å². The van der Waals surface area contributed by atoms with Crippen molar-refractivity contribution in [1.29, 1.82) is 0 Å². The summed E-state index contributed by atoms with van der Waals surface area (Å²) in [6, 6.07) is 72.9. The molecule has 0 amide bonds. The first-order valence-corrected chi connectivity index (χ1v) is 19.3. The van der Waals surface area contributed by atoms with Gasteiger partial charge in [-0.3, -0.25) is 0 Å². The van der Waals surface area contributed by atoms with Gasteiger partial charge in [0.15, 0.2) is 17.5 Å². The summed E-state index contributed by atoms with van der Waals surface area (Å²) in [5, 5.41) is 6.99. The fourth-order valence-electron chi connectivity index (χ4n) is 8.18. The van der Waals surface area contributed by atoms with Crippen molar-refractivity contribution in [3.8, 4) is 62.1 Å². The summed E-state index contributed by atoms with van der Waals surface area (Å²) in [7, 11) is 0. The minimum absolute atomic E-state index is 0.610. The van der Waals surface area contributed by atoms with Crippen molar-refractivity contribution >= 4 is 43.4 Å². The molecule has 0 spiro atoms. The van der Waals surface area contributed by atoms with Gasteiger partial charge in [0.2, 0.25) is 0 Å². The average molecular weight is 727 g/mol. The summed E-state index contributed by atoms with van der Waals surface area (Å²) in [5.74, 6) is 1.86. The molecule has 0 fully saturated rings. The number of hydrogen-bond acceptors (Lipinski definition) is 3. The van der Waals surface area contributed by atoms with E-state index >= 15 is 0 Å². The van der Waals surface area contributed by atoms with E-state index in [1.807, 2.05) is 0 Å². The lowest BCUT2D eigenvalue weighted by Crippen LogP contribution is -2.04. The van der Waals surface area contributed by atoms with E-state index in [1.54, 1.807) is 0 Å². The van der Waals surface area contributed by atoms with Crippen LogP contribution in [0.2, 0.25) is 0 Å². The Bertz CT molecular complexity index is 3240. The largest absolute Gasteiger partial charge is 0.308 e. The average Bonchev–Trinajstić information content (AvgIpc) is 3.63. The first-order chi connectivity index (χ1) is 28.2. The molecule has 2 aromatic heterocycles.